The number of thiophene rings is 1. The normalized spacial score (nSPS) is 18.0. The molecular formula is C17H23N3O3S2. The largest absolute Gasteiger partial charge is 0.410 e. The van der Waals surface area contributed by atoms with Gasteiger partial charge in [-0.2, -0.15) is 0 Å². The number of carbonyl (C=O) groups is 1. The van der Waals surface area contributed by atoms with Crippen LogP contribution in [0.3, 0.4) is 0 Å². The molecule has 6 nitrogen and oxygen atoms in total. The van der Waals surface area contributed by atoms with Gasteiger partial charge in [0, 0.05) is 18.0 Å². The Bertz CT molecular complexity index is 729. The van der Waals surface area contributed by atoms with Gasteiger partial charge in [-0.1, -0.05) is 18.7 Å². The molecule has 1 aliphatic carbocycles. The monoisotopic (exact) mass is 381 g/mol. The second-order valence-corrected chi connectivity index (χ2v) is 8.56. The van der Waals surface area contributed by atoms with E-state index < -0.39 is 0 Å². The Labute approximate surface area is 155 Å². The minimum atomic E-state index is -0.0742. The zero-order valence-electron chi connectivity index (χ0n) is 14.7. The van der Waals surface area contributed by atoms with Gasteiger partial charge in [0.25, 0.3) is 11.1 Å². The van der Waals surface area contributed by atoms with Crippen LogP contribution in [0, 0.1) is 5.92 Å². The summed E-state index contributed by atoms with van der Waals surface area (Å²) in [7, 11) is 1.61. The first-order valence-electron chi connectivity index (χ1n) is 8.41. The molecule has 3 rings (SSSR count). The first-order chi connectivity index (χ1) is 12.0. The fourth-order valence-electron chi connectivity index (χ4n) is 2.91. The van der Waals surface area contributed by atoms with Crippen molar-refractivity contribution < 1.29 is 13.9 Å². The Morgan fingerprint density at radius 1 is 1.56 bits per heavy atom. The van der Waals surface area contributed by atoms with Gasteiger partial charge in [-0.3, -0.25) is 4.79 Å². The number of amides is 1. The molecule has 1 amide bonds. The van der Waals surface area contributed by atoms with Crippen LogP contribution in [0.5, 0.6) is 0 Å². The number of ether oxygens (including phenoxy) is 1. The van der Waals surface area contributed by atoms with Crippen LogP contribution in [0.1, 0.15) is 30.7 Å². The molecule has 8 heteroatoms. The summed E-state index contributed by atoms with van der Waals surface area (Å²) in [5, 5.41) is 11.5. The lowest BCUT2D eigenvalue weighted by Crippen LogP contribution is -2.36. The second-order valence-electron chi connectivity index (χ2n) is 6.49. The van der Waals surface area contributed by atoms with Crippen LogP contribution in [0.4, 0.5) is 0 Å². The summed E-state index contributed by atoms with van der Waals surface area (Å²) in [6.07, 6.45) is 3.51. The van der Waals surface area contributed by atoms with E-state index in [9.17, 15) is 4.79 Å². The highest BCUT2D eigenvalue weighted by atomic mass is 32.2. The van der Waals surface area contributed by atoms with Crippen molar-refractivity contribution in [2.24, 2.45) is 5.92 Å². The van der Waals surface area contributed by atoms with E-state index in [1.54, 1.807) is 18.4 Å². The smallest absolute Gasteiger partial charge is 0.277 e. The summed E-state index contributed by atoms with van der Waals surface area (Å²) in [6, 6.07) is 2.16. The van der Waals surface area contributed by atoms with E-state index in [-0.39, 0.29) is 17.7 Å². The number of methoxy groups -OCH3 is 1. The van der Waals surface area contributed by atoms with Crippen molar-refractivity contribution in [2.75, 3.05) is 19.5 Å². The highest BCUT2D eigenvalue weighted by Gasteiger charge is 2.21. The Hall–Kier alpha value is -1.38. The van der Waals surface area contributed by atoms with Crippen LogP contribution in [0.2, 0.25) is 0 Å². The van der Waals surface area contributed by atoms with Crippen molar-refractivity contribution in [1.29, 1.82) is 0 Å². The van der Waals surface area contributed by atoms with Crippen LogP contribution >= 0.6 is 23.1 Å². The molecule has 0 spiro atoms. The van der Waals surface area contributed by atoms with Crippen LogP contribution in [-0.4, -0.2) is 41.6 Å². The number of aryl methyl sites for hydroxylation is 1. The number of hydrogen-bond acceptors (Lipinski definition) is 7. The molecule has 0 saturated carbocycles. The fourth-order valence-corrected chi connectivity index (χ4v) is 4.62. The molecule has 0 saturated heterocycles. The highest BCUT2D eigenvalue weighted by Crippen LogP contribution is 2.37. The fraction of sp³-hybridized carbons (Fsp3) is 0.588. The molecule has 0 radical (unpaired) electrons. The van der Waals surface area contributed by atoms with Gasteiger partial charge < -0.3 is 14.5 Å². The van der Waals surface area contributed by atoms with Crippen molar-refractivity contribution in [3.05, 3.63) is 16.5 Å². The Morgan fingerprint density at radius 2 is 2.40 bits per heavy atom. The summed E-state index contributed by atoms with van der Waals surface area (Å²) in [4.78, 5) is 14.3. The van der Waals surface area contributed by atoms with Gasteiger partial charge in [0.05, 0.1) is 17.2 Å². The summed E-state index contributed by atoms with van der Waals surface area (Å²) in [5.41, 5.74) is 1.41. The molecular weight excluding hydrogens is 358 g/mol. The van der Waals surface area contributed by atoms with Gasteiger partial charge in [0.2, 0.25) is 5.91 Å². The molecule has 0 aliphatic heterocycles. The molecule has 136 valence electrons. The van der Waals surface area contributed by atoms with Crippen LogP contribution in [-0.2, 0) is 22.4 Å². The van der Waals surface area contributed by atoms with E-state index in [2.05, 4.69) is 28.5 Å². The van der Waals surface area contributed by atoms with Gasteiger partial charge in [-0.05, 0) is 43.7 Å². The van der Waals surface area contributed by atoms with E-state index in [1.165, 1.54) is 28.6 Å². The standard InChI is InChI=1S/C17H23N3O3S2/c1-10-4-5-13-12(6-10)7-14(25-13)16-19-20-17(23-16)24-9-15(21)18-11(2)8-22-3/h7,10-11H,4-6,8-9H2,1-3H3,(H,18,21)/t10-,11-/m1/s1. The molecule has 1 N–H and O–H groups in total. The number of hydrogen-bond donors (Lipinski definition) is 1. The summed E-state index contributed by atoms with van der Waals surface area (Å²) < 4.78 is 10.7. The van der Waals surface area contributed by atoms with E-state index in [4.69, 9.17) is 9.15 Å². The minimum absolute atomic E-state index is 0.0174. The van der Waals surface area contributed by atoms with Crippen molar-refractivity contribution in [1.82, 2.24) is 15.5 Å². The van der Waals surface area contributed by atoms with Crippen LogP contribution in [0.15, 0.2) is 15.7 Å². The lowest BCUT2D eigenvalue weighted by atomic mass is 9.90. The third-order valence-corrected chi connectivity index (χ3v) is 6.14. The van der Waals surface area contributed by atoms with Crippen LogP contribution in [0.25, 0.3) is 10.8 Å². The van der Waals surface area contributed by atoms with Gasteiger partial charge >= 0.3 is 0 Å². The topological polar surface area (TPSA) is 77.2 Å². The zero-order valence-corrected chi connectivity index (χ0v) is 16.3. The maximum Gasteiger partial charge on any atom is 0.277 e. The van der Waals surface area contributed by atoms with Gasteiger partial charge in [-0.15, -0.1) is 21.5 Å². The summed E-state index contributed by atoms with van der Waals surface area (Å²) in [6.45, 7) is 4.68. The Morgan fingerprint density at radius 3 is 3.20 bits per heavy atom. The molecule has 2 aromatic heterocycles. The number of thioether (sulfide) groups is 1. The number of nitrogens with one attached hydrogen (secondary N) is 1. The van der Waals surface area contributed by atoms with Gasteiger partial charge in [-0.25, -0.2) is 0 Å². The molecule has 0 bridgehead atoms. The molecule has 2 aromatic rings. The van der Waals surface area contributed by atoms with E-state index in [0.717, 1.165) is 23.6 Å². The lowest BCUT2D eigenvalue weighted by Gasteiger charge is -2.16. The van der Waals surface area contributed by atoms with E-state index in [0.29, 0.717) is 17.7 Å². The number of carbonyl (C=O) groups excluding carboxylic acids is 1. The maximum atomic E-state index is 11.9. The molecule has 25 heavy (non-hydrogen) atoms. The first kappa shape index (κ1) is 18.4. The predicted octanol–water partition coefficient (Wildman–Crippen LogP) is 3.17. The molecule has 0 unspecified atom stereocenters. The lowest BCUT2D eigenvalue weighted by molar-refractivity contribution is -0.119. The van der Waals surface area contributed by atoms with Crippen molar-refractivity contribution in [3.63, 3.8) is 0 Å². The second kappa shape index (κ2) is 8.33. The van der Waals surface area contributed by atoms with Gasteiger partial charge in [0.15, 0.2) is 0 Å². The molecule has 2 heterocycles. The summed E-state index contributed by atoms with van der Waals surface area (Å²) in [5.74, 6) is 1.45. The number of fused-ring (bicyclic) bond motifs is 1. The van der Waals surface area contributed by atoms with Crippen molar-refractivity contribution in [2.45, 2.75) is 44.4 Å². The number of nitrogens with zero attached hydrogens (tertiary/aromatic N) is 2. The van der Waals surface area contributed by atoms with E-state index >= 15 is 0 Å². The molecule has 0 fully saturated rings. The zero-order chi connectivity index (χ0) is 17.8. The van der Waals surface area contributed by atoms with Crippen molar-refractivity contribution in [3.8, 4) is 10.8 Å². The molecule has 1 aliphatic rings. The minimum Gasteiger partial charge on any atom is -0.410 e. The highest BCUT2D eigenvalue weighted by molar-refractivity contribution is 7.99. The predicted molar refractivity (Wildman–Crippen MR) is 99.0 cm³/mol. The Kier molecular flexibility index (Phi) is 6.14. The van der Waals surface area contributed by atoms with Crippen LogP contribution < -0.4 is 5.32 Å². The van der Waals surface area contributed by atoms with E-state index in [1.807, 2.05) is 6.92 Å². The van der Waals surface area contributed by atoms with Crippen molar-refractivity contribution >= 4 is 29.0 Å². The third kappa shape index (κ3) is 4.83. The molecule has 2 atom stereocenters. The molecule has 0 aromatic carbocycles. The SMILES string of the molecule is COC[C@@H](C)NC(=O)CSc1nnc(-c2cc3c(s2)CC[C@@H](C)C3)o1. The maximum absolute atomic E-state index is 11.9. The quantitative estimate of drug-likeness (QED) is 0.743. The average Bonchev–Trinajstić information content (AvgIpc) is 3.19. The average molecular weight is 382 g/mol. The van der Waals surface area contributed by atoms with Gasteiger partial charge in [0.1, 0.15) is 0 Å². The number of aromatic nitrogens is 2. The third-order valence-electron chi connectivity index (χ3n) is 4.10. The number of rotatable bonds is 7. The summed E-state index contributed by atoms with van der Waals surface area (Å²) >= 11 is 2.99. The Balaban J connectivity index is 1.57. The first-order valence-corrected chi connectivity index (χ1v) is 10.2.